The van der Waals surface area contributed by atoms with Gasteiger partial charge in [0.15, 0.2) is 0 Å². The summed E-state index contributed by atoms with van der Waals surface area (Å²) in [5.74, 6) is 0.940. The summed E-state index contributed by atoms with van der Waals surface area (Å²) >= 11 is 5.95. The third kappa shape index (κ3) is 1.67. The number of benzene rings is 1. The van der Waals surface area contributed by atoms with Gasteiger partial charge in [-0.3, -0.25) is 0 Å². The molecule has 1 heterocycles. The van der Waals surface area contributed by atoms with Gasteiger partial charge in [0.05, 0.1) is 12.2 Å². The molecule has 0 radical (unpaired) electrons. The Balaban J connectivity index is 2.41. The van der Waals surface area contributed by atoms with Crippen molar-refractivity contribution in [1.29, 1.82) is 0 Å². The van der Waals surface area contributed by atoms with Crippen molar-refractivity contribution in [2.45, 2.75) is 20.0 Å². The highest BCUT2D eigenvalue weighted by molar-refractivity contribution is 6.30. The second kappa shape index (κ2) is 3.70. The molecule has 0 aromatic heterocycles. The summed E-state index contributed by atoms with van der Waals surface area (Å²) in [5.41, 5.74) is 1.11. The molecule has 2 nitrogen and oxygen atoms in total. The zero-order chi connectivity index (χ0) is 10.1. The molecule has 1 aromatic carbocycles. The van der Waals surface area contributed by atoms with Crippen LogP contribution in [0.3, 0.4) is 0 Å². The van der Waals surface area contributed by atoms with E-state index in [1.54, 1.807) is 0 Å². The van der Waals surface area contributed by atoms with Crippen molar-refractivity contribution in [2.75, 3.05) is 18.0 Å². The fourth-order valence-corrected chi connectivity index (χ4v) is 1.97. The molecule has 0 saturated carbocycles. The molecule has 1 aliphatic rings. The molecule has 76 valence electrons. The molecule has 0 amide bonds. The van der Waals surface area contributed by atoms with Crippen molar-refractivity contribution < 1.29 is 4.74 Å². The average molecular weight is 212 g/mol. The fraction of sp³-hybridized carbons (Fsp3) is 0.455. The topological polar surface area (TPSA) is 12.5 Å². The predicted octanol–water partition coefficient (Wildman–Crippen LogP) is 2.95. The Morgan fingerprint density at radius 1 is 1.57 bits per heavy atom. The molecule has 0 bridgehead atoms. The van der Waals surface area contributed by atoms with Crippen LogP contribution in [0.25, 0.3) is 0 Å². The highest BCUT2D eigenvalue weighted by Gasteiger charge is 2.21. The summed E-state index contributed by atoms with van der Waals surface area (Å²) in [6, 6.07) is 5.77. The molecule has 2 rings (SSSR count). The van der Waals surface area contributed by atoms with Crippen LogP contribution in [0.15, 0.2) is 18.2 Å². The Labute approximate surface area is 89.4 Å². The summed E-state index contributed by atoms with van der Waals surface area (Å²) in [4.78, 5) is 2.29. The van der Waals surface area contributed by atoms with Crippen LogP contribution in [0.4, 0.5) is 5.69 Å². The number of ether oxygens (including phenoxy) is 1. The Morgan fingerprint density at radius 3 is 3.07 bits per heavy atom. The Kier molecular flexibility index (Phi) is 2.55. The number of rotatable bonds is 1. The molecule has 0 saturated heterocycles. The summed E-state index contributed by atoms with van der Waals surface area (Å²) in [5, 5.41) is 0.764. The van der Waals surface area contributed by atoms with Gasteiger partial charge in [-0.05, 0) is 32.0 Å². The van der Waals surface area contributed by atoms with Gasteiger partial charge in [-0.15, -0.1) is 0 Å². The van der Waals surface area contributed by atoms with Gasteiger partial charge in [-0.2, -0.15) is 0 Å². The van der Waals surface area contributed by atoms with E-state index >= 15 is 0 Å². The van der Waals surface area contributed by atoms with Crippen LogP contribution in [-0.4, -0.2) is 19.2 Å². The lowest BCUT2D eigenvalue weighted by Gasteiger charge is -2.34. The highest BCUT2D eigenvalue weighted by atomic mass is 35.5. The molecule has 1 atom stereocenters. The molecule has 1 aliphatic heterocycles. The van der Waals surface area contributed by atoms with Crippen molar-refractivity contribution >= 4 is 17.3 Å². The minimum Gasteiger partial charge on any atom is -0.487 e. The van der Waals surface area contributed by atoms with E-state index in [2.05, 4.69) is 18.7 Å². The molecule has 0 aliphatic carbocycles. The fourth-order valence-electron chi connectivity index (χ4n) is 1.80. The number of nitrogens with zero attached hydrogens (tertiary/aromatic N) is 1. The van der Waals surface area contributed by atoms with Gasteiger partial charge in [0.25, 0.3) is 0 Å². The Hall–Kier alpha value is -0.890. The summed E-state index contributed by atoms with van der Waals surface area (Å²) in [6.45, 7) is 6.15. The van der Waals surface area contributed by atoms with Crippen LogP contribution < -0.4 is 9.64 Å². The molecule has 1 unspecified atom stereocenters. The quantitative estimate of drug-likeness (QED) is 0.708. The van der Waals surface area contributed by atoms with Crippen molar-refractivity contribution in [3.05, 3.63) is 23.2 Å². The monoisotopic (exact) mass is 211 g/mol. The first-order valence-corrected chi connectivity index (χ1v) is 5.29. The maximum atomic E-state index is 5.95. The largest absolute Gasteiger partial charge is 0.487 e. The van der Waals surface area contributed by atoms with E-state index in [0.717, 1.165) is 29.5 Å². The lowest BCUT2D eigenvalue weighted by molar-refractivity contribution is 0.213. The van der Waals surface area contributed by atoms with Gasteiger partial charge in [-0.1, -0.05) is 11.6 Å². The van der Waals surface area contributed by atoms with Crippen LogP contribution in [0.5, 0.6) is 5.75 Å². The molecule has 1 aromatic rings. The Bertz CT molecular complexity index is 340. The molecule has 0 fully saturated rings. The molecule has 0 spiro atoms. The molecule has 14 heavy (non-hydrogen) atoms. The van der Waals surface area contributed by atoms with Crippen molar-refractivity contribution in [3.63, 3.8) is 0 Å². The van der Waals surface area contributed by atoms with Gasteiger partial charge < -0.3 is 9.64 Å². The van der Waals surface area contributed by atoms with E-state index < -0.39 is 0 Å². The van der Waals surface area contributed by atoms with E-state index in [-0.39, 0.29) is 6.10 Å². The lowest BCUT2D eigenvalue weighted by Crippen LogP contribution is -2.38. The summed E-state index contributed by atoms with van der Waals surface area (Å²) < 4.78 is 5.72. The van der Waals surface area contributed by atoms with Crippen molar-refractivity contribution in [1.82, 2.24) is 0 Å². The van der Waals surface area contributed by atoms with E-state index in [4.69, 9.17) is 16.3 Å². The maximum absolute atomic E-state index is 5.95. The standard InChI is InChI=1S/C11H14ClNO/c1-3-13-7-8(2)14-11-5-4-9(12)6-10(11)13/h4-6,8H,3,7H2,1-2H3. The Morgan fingerprint density at radius 2 is 2.36 bits per heavy atom. The third-order valence-electron chi connectivity index (χ3n) is 2.45. The maximum Gasteiger partial charge on any atom is 0.143 e. The van der Waals surface area contributed by atoms with Gasteiger partial charge in [-0.25, -0.2) is 0 Å². The first-order chi connectivity index (χ1) is 6.70. The van der Waals surface area contributed by atoms with E-state index in [1.807, 2.05) is 18.2 Å². The van der Waals surface area contributed by atoms with Gasteiger partial charge in [0.2, 0.25) is 0 Å². The predicted molar refractivity (Wildman–Crippen MR) is 59.4 cm³/mol. The van der Waals surface area contributed by atoms with Crippen LogP contribution in [0.2, 0.25) is 5.02 Å². The average Bonchev–Trinajstić information content (AvgIpc) is 2.17. The first-order valence-electron chi connectivity index (χ1n) is 4.92. The number of halogens is 1. The van der Waals surface area contributed by atoms with Gasteiger partial charge in [0.1, 0.15) is 11.9 Å². The molecular weight excluding hydrogens is 198 g/mol. The van der Waals surface area contributed by atoms with E-state index in [1.165, 1.54) is 0 Å². The van der Waals surface area contributed by atoms with E-state index in [9.17, 15) is 0 Å². The van der Waals surface area contributed by atoms with Gasteiger partial charge >= 0.3 is 0 Å². The number of hydrogen-bond donors (Lipinski definition) is 0. The number of anilines is 1. The molecule has 3 heteroatoms. The van der Waals surface area contributed by atoms with Crippen molar-refractivity contribution in [2.24, 2.45) is 0 Å². The van der Waals surface area contributed by atoms with Crippen LogP contribution >= 0.6 is 11.6 Å². The minimum atomic E-state index is 0.253. The highest BCUT2D eigenvalue weighted by Crippen LogP contribution is 2.35. The minimum absolute atomic E-state index is 0.253. The molecule has 0 N–H and O–H groups in total. The summed E-state index contributed by atoms with van der Waals surface area (Å²) in [6.07, 6.45) is 0.253. The zero-order valence-electron chi connectivity index (χ0n) is 8.46. The van der Waals surface area contributed by atoms with Crippen LogP contribution in [-0.2, 0) is 0 Å². The zero-order valence-corrected chi connectivity index (χ0v) is 9.21. The number of hydrogen-bond acceptors (Lipinski definition) is 2. The lowest BCUT2D eigenvalue weighted by atomic mass is 10.2. The number of fused-ring (bicyclic) bond motifs is 1. The smallest absolute Gasteiger partial charge is 0.143 e. The van der Waals surface area contributed by atoms with Crippen LogP contribution in [0, 0.1) is 0 Å². The molecular formula is C11H14ClNO. The van der Waals surface area contributed by atoms with Crippen LogP contribution in [0.1, 0.15) is 13.8 Å². The van der Waals surface area contributed by atoms with Gasteiger partial charge in [0, 0.05) is 11.6 Å². The normalized spacial score (nSPS) is 20.2. The summed E-state index contributed by atoms with van der Waals surface area (Å²) in [7, 11) is 0. The third-order valence-corrected chi connectivity index (χ3v) is 2.68. The second-order valence-electron chi connectivity index (χ2n) is 3.58. The van der Waals surface area contributed by atoms with E-state index in [0.29, 0.717) is 0 Å². The SMILES string of the molecule is CCN1CC(C)Oc2ccc(Cl)cc21. The second-order valence-corrected chi connectivity index (χ2v) is 4.02. The van der Waals surface area contributed by atoms with Crippen molar-refractivity contribution in [3.8, 4) is 5.75 Å². The first kappa shape index (κ1) is 9.66. The number of likely N-dealkylation sites (N-methyl/N-ethyl adjacent to an activating group) is 1.